The average Bonchev–Trinajstić information content (AvgIpc) is 2.83. The van der Waals surface area contributed by atoms with Crippen molar-refractivity contribution in [1.82, 2.24) is 14.7 Å². The third kappa shape index (κ3) is 3.23. The normalized spacial score (nSPS) is 25.9. The monoisotopic (exact) mass is 275 g/mol. The molecular formula is C10H17N3O2S2. The second kappa shape index (κ2) is 5.41. The Morgan fingerprint density at radius 2 is 2.35 bits per heavy atom. The van der Waals surface area contributed by atoms with E-state index in [1.165, 1.54) is 18.9 Å². The second-order valence-electron chi connectivity index (χ2n) is 4.26. The van der Waals surface area contributed by atoms with Crippen LogP contribution in [0.3, 0.4) is 0 Å². The predicted molar refractivity (Wildman–Crippen MR) is 68.5 cm³/mol. The van der Waals surface area contributed by atoms with Crippen LogP contribution in [0.25, 0.3) is 0 Å². The molecule has 5 nitrogen and oxygen atoms in total. The van der Waals surface area contributed by atoms with Crippen LogP contribution in [-0.4, -0.2) is 35.9 Å². The second-order valence-corrected chi connectivity index (χ2v) is 7.08. The first-order valence-electron chi connectivity index (χ1n) is 5.65. The van der Waals surface area contributed by atoms with Crippen LogP contribution in [0.15, 0.2) is 17.6 Å². The summed E-state index contributed by atoms with van der Waals surface area (Å²) in [6, 6.07) is 0.0505. The molecule has 1 fully saturated rings. The molecule has 17 heavy (non-hydrogen) atoms. The zero-order chi connectivity index (χ0) is 12.3. The summed E-state index contributed by atoms with van der Waals surface area (Å²) in [5.41, 5.74) is 0. The van der Waals surface area contributed by atoms with E-state index in [0.717, 1.165) is 19.3 Å². The van der Waals surface area contributed by atoms with E-state index < -0.39 is 10.0 Å². The van der Waals surface area contributed by atoms with Crippen molar-refractivity contribution in [3.05, 3.63) is 12.5 Å². The first kappa shape index (κ1) is 12.9. The summed E-state index contributed by atoms with van der Waals surface area (Å²) in [7, 11) is -3.43. The standard InChI is InChI=1S/C10H17N3O2S2/c1-16-9-4-2-3-8(5-9)13-17(14,15)10-6-11-7-12-10/h6-9,13H,2-5H2,1H3,(H,11,12). The van der Waals surface area contributed by atoms with Crippen LogP contribution in [-0.2, 0) is 10.0 Å². The SMILES string of the molecule is CSC1CCCC(NS(=O)(=O)c2cnc[nH]2)C1. The molecule has 0 radical (unpaired) electrons. The number of thioether (sulfide) groups is 1. The van der Waals surface area contributed by atoms with Crippen LogP contribution in [0.4, 0.5) is 0 Å². The minimum absolute atomic E-state index is 0.0505. The van der Waals surface area contributed by atoms with Crippen molar-refractivity contribution < 1.29 is 8.42 Å². The molecule has 2 rings (SSSR count). The van der Waals surface area contributed by atoms with Crippen LogP contribution < -0.4 is 4.72 Å². The van der Waals surface area contributed by atoms with Crippen LogP contribution in [0.5, 0.6) is 0 Å². The van der Waals surface area contributed by atoms with Crippen molar-refractivity contribution in [3.63, 3.8) is 0 Å². The van der Waals surface area contributed by atoms with E-state index in [0.29, 0.717) is 5.25 Å². The molecule has 0 aliphatic heterocycles. The Morgan fingerprint density at radius 1 is 1.53 bits per heavy atom. The Morgan fingerprint density at radius 3 is 3.00 bits per heavy atom. The Hall–Kier alpha value is -0.530. The van der Waals surface area contributed by atoms with Gasteiger partial charge in [-0.25, -0.2) is 18.1 Å². The largest absolute Gasteiger partial charge is 0.335 e. The fourth-order valence-electron chi connectivity index (χ4n) is 2.14. The van der Waals surface area contributed by atoms with Gasteiger partial charge < -0.3 is 4.98 Å². The molecule has 1 aliphatic rings. The fourth-order valence-corrected chi connectivity index (χ4v) is 4.15. The summed E-state index contributed by atoms with van der Waals surface area (Å²) in [6.45, 7) is 0. The summed E-state index contributed by atoms with van der Waals surface area (Å²) in [5, 5.41) is 0.710. The molecule has 0 bridgehead atoms. The maximum atomic E-state index is 12.0. The zero-order valence-electron chi connectivity index (χ0n) is 9.72. The van der Waals surface area contributed by atoms with Gasteiger partial charge in [0.05, 0.1) is 12.5 Å². The maximum Gasteiger partial charge on any atom is 0.257 e. The average molecular weight is 275 g/mol. The summed E-state index contributed by atoms with van der Waals surface area (Å²) >= 11 is 1.82. The van der Waals surface area contributed by atoms with E-state index >= 15 is 0 Å². The topological polar surface area (TPSA) is 74.8 Å². The van der Waals surface area contributed by atoms with Gasteiger partial charge in [-0.2, -0.15) is 11.8 Å². The summed E-state index contributed by atoms with van der Waals surface area (Å²) in [5.74, 6) is 0. The lowest BCUT2D eigenvalue weighted by Crippen LogP contribution is -2.39. The van der Waals surface area contributed by atoms with E-state index in [1.807, 2.05) is 11.8 Å². The van der Waals surface area contributed by atoms with Gasteiger partial charge in [0.15, 0.2) is 5.03 Å². The van der Waals surface area contributed by atoms with Gasteiger partial charge in [0, 0.05) is 11.3 Å². The number of nitrogens with zero attached hydrogens (tertiary/aromatic N) is 1. The van der Waals surface area contributed by atoms with Gasteiger partial charge >= 0.3 is 0 Å². The number of hydrogen-bond donors (Lipinski definition) is 2. The lowest BCUT2D eigenvalue weighted by atomic mass is 9.96. The highest BCUT2D eigenvalue weighted by Crippen LogP contribution is 2.27. The summed E-state index contributed by atoms with van der Waals surface area (Å²) in [6.07, 6.45) is 8.89. The van der Waals surface area contributed by atoms with Crippen molar-refractivity contribution in [2.24, 2.45) is 0 Å². The number of aromatic amines is 1. The molecule has 1 aromatic rings. The van der Waals surface area contributed by atoms with Gasteiger partial charge in [-0.05, 0) is 25.5 Å². The smallest absolute Gasteiger partial charge is 0.257 e. The zero-order valence-corrected chi connectivity index (χ0v) is 11.4. The molecule has 2 atom stereocenters. The molecule has 1 aromatic heterocycles. The lowest BCUT2D eigenvalue weighted by molar-refractivity contribution is 0.420. The Labute approximate surface area is 106 Å². The molecule has 2 unspecified atom stereocenters. The van der Waals surface area contributed by atoms with Crippen molar-refractivity contribution in [1.29, 1.82) is 0 Å². The Kier molecular flexibility index (Phi) is 4.11. The highest BCUT2D eigenvalue weighted by atomic mass is 32.2. The van der Waals surface area contributed by atoms with Crippen LogP contribution >= 0.6 is 11.8 Å². The first-order chi connectivity index (χ1) is 8.12. The van der Waals surface area contributed by atoms with E-state index in [4.69, 9.17) is 0 Å². The number of nitrogens with one attached hydrogen (secondary N) is 2. The summed E-state index contributed by atoms with van der Waals surface area (Å²) < 4.78 is 26.7. The fraction of sp³-hybridized carbons (Fsp3) is 0.700. The van der Waals surface area contributed by atoms with Gasteiger partial charge in [0.2, 0.25) is 0 Å². The van der Waals surface area contributed by atoms with E-state index in [2.05, 4.69) is 20.9 Å². The summed E-state index contributed by atoms with van der Waals surface area (Å²) in [4.78, 5) is 6.36. The number of H-pyrrole nitrogens is 1. The van der Waals surface area contributed by atoms with E-state index in [1.54, 1.807) is 0 Å². The lowest BCUT2D eigenvalue weighted by Gasteiger charge is -2.28. The molecule has 0 spiro atoms. The molecule has 2 N–H and O–H groups in total. The molecule has 96 valence electrons. The third-order valence-electron chi connectivity index (χ3n) is 3.04. The van der Waals surface area contributed by atoms with Crippen molar-refractivity contribution in [3.8, 4) is 0 Å². The Balaban J connectivity index is 2.01. The number of rotatable bonds is 4. The molecule has 1 saturated carbocycles. The van der Waals surface area contributed by atoms with E-state index in [-0.39, 0.29) is 11.1 Å². The minimum atomic E-state index is -3.43. The number of sulfonamides is 1. The van der Waals surface area contributed by atoms with Crippen molar-refractivity contribution >= 4 is 21.8 Å². The minimum Gasteiger partial charge on any atom is -0.335 e. The molecular weight excluding hydrogens is 258 g/mol. The quantitative estimate of drug-likeness (QED) is 0.870. The van der Waals surface area contributed by atoms with Gasteiger partial charge in [-0.15, -0.1) is 0 Å². The van der Waals surface area contributed by atoms with Crippen LogP contribution in [0, 0.1) is 0 Å². The number of imidazole rings is 1. The molecule has 0 aromatic carbocycles. The molecule has 1 aliphatic carbocycles. The number of hydrogen-bond acceptors (Lipinski definition) is 4. The molecule has 1 heterocycles. The van der Waals surface area contributed by atoms with Crippen LogP contribution in [0.2, 0.25) is 0 Å². The molecule has 7 heteroatoms. The molecule has 0 amide bonds. The first-order valence-corrected chi connectivity index (χ1v) is 8.42. The highest BCUT2D eigenvalue weighted by Gasteiger charge is 2.26. The third-order valence-corrected chi connectivity index (χ3v) is 5.58. The van der Waals surface area contributed by atoms with Gasteiger partial charge in [-0.1, -0.05) is 6.42 Å². The Bertz CT molecular complexity index is 444. The van der Waals surface area contributed by atoms with Crippen molar-refractivity contribution in [2.75, 3.05) is 6.26 Å². The van der Waals surface area contributed by atoms with Gasteiger partial charge in [0.1, 0.15) is 0 Å². The predicted octanol–water partition coefficient (Wildman–Crippen LogP) is 1.36. The highest BCUT2D eigenvalue weighted by molar-refractivity contribution is 7.99. The maximum absolute atomic E-state index is 12.0. The van der Waals surface area contributed by atoms with Crippen molar-refractivity contribution in [2.45, 2.75) is 42.0 Å². The van der Waals surface area contributed by atoms with Crippen LogP contribution in [0.1, 0.15) is 25.7 Å². The van der Waals surface area contributed by atoms with Gasteiger partial charge in [0.25, 0.3) is 10.0 Å². The van der Waals surface area contributed by atoms with E-state index in [9.17, 15) is 8.42 Å². The number of aromatic nitrogens is 2. The molecule has 0 saturated heterocycles. The van der Waals surface area contributed by atoms with Gasteiger partial charge in [-0.3, -0.25) is 0 Å².